The van der Waals surface area contributed by atoms with Crippen LogP contribution in [0.5, 0.6) is 0 Å². The molecule has 0 aliphatic carbocycles. The summed E-state index contributed by atoms with van der Waals surface area (Å²) >= 11 is 1.12. The van der Waals surface area contributed by atoms with E-state index in [1.165, 1.54) is 0 Å². The molecule has 0 saturated heterocycles. The van der Waals surface area contributed by atoms with Crippen LogP contribution in [0.25, 0.3) is 0 Å². The van der Waals surface area contributed by atoms with Crippen LogP contribution in [0.3, 0.4) is 0 Å². The molecule has 0 bridgehead atoms. The zero-order valence-corrected chi connectivity index (χ0v) is 6.68. The van der Waals surface area contributed by atoms with Crippen LogP contribution in [-0.2, 0) is 10.2 Å². The number of carbonyl (C=O) groups excluding carboxylic acids is 1. The highest BCUT2D eigenvalue weighted by molar-refractivity contribution is 6.99. The van der Waals surface area contributed by atoms with Gasteiger partial charge in [-0.3, -0.25) is 0 Å². The second-order valence-corrected chi connectivity index (χ2v) is 3.19. The van der Waals surface area contributed by atoms with Crippen molar-refractivity contribution in [3.05, 3.63) is 11.9 Å². The van der Waals surface area contributed by atoms with Crippen molar-refractivity contribution in [1.82, 2.24) is 8.75 Å². The summed E-state index contributed by atoms with van der Waals surface area (Å²) in [6.07, 6.45) is 2.50. The van der Waals surface area contributed by atoms with E-state index < -0.39 is 5.41 Å². The Morgan fingerprint density at radius 2 is 2.40 bits per heavy atom. The van der Waals surface area contributed by atoms with Gasteiger partial charge in [0, 0.05) is 0 Å². The Bertz CT molecular complexity index is 218. The first-order valence-corrected chi connectivity index (χ1v) is 3.64. The highest BCUT2D eigenvalue weighted by Gasteiger charge is 2.21. The van der Waals surface area contributed by atoms with Gasteiger partial charge < -0.3 is 4.79 Å². The number of hydrogen-bond donors (Lipinski definition) is 0. The van der Waals surface area contributed by atoms with Crippen LogP contribution in [0, 0.1) is 0 Å². The van der Waals surface area contributed by atoms with Gasteiger partial charge in [0.15, 0.2) is 0 Å². The van der Waals surface area contributed by atoms with Gasteiger partial charge in [0.05, 0.1) is 29.0 Å². The molecule has 3 nitrogen and oxygen atoms in total. The Hall–Kier alpha value is -0.770. The fraction of sp³-hybridized carbons (Fsp3) is 0.500. The summed E-state index contributed by atoms with van der Waals surface area (Å²) in [7, 11) is 0. The Morgan fingerprint density at radius 1 is 1.70 bits per heavy atom. The SMILES string of the molecule is CC(C)(C=O)c1cnsn1. The minimum atomic E-state index is -0.479. The highest BCUT2D eigenvalue weighted by atomic mass is 32.1. The zero-order valence-electron chi connectivity index (χ0n) is 5.87. The number of nitrogens with zero attached hydrogens (tertiary/aromatic N) is 2. The molecule has 0 unspecified atom stereocenters. The Morgan fingerprint density at radius 3 is 2.80 bits per heavy atom. The monoisotopic (exact) mass is 156 g/mol. The molecule has 1 rings (SSSR count). The van der Waals surface area contributed by atoms with Crippen LogP contribution >= 0.6 is 11.7 Å². The van der Waals surface area contributed by atoms with Crippen molar-refractivity contribution >= 4 is 18.0 Å². The van der Waals surface area contributed by atoms with E-state index in [-0.39, 0.29) is 0 Å². The number of aldehydes is 1. The van der Waals surface area contributed by atoms with Crippen LogP contribution < -0.4 is 0 Å². The van der Waals surface area contributed by atoms with Gasteiger partial charge >= 0.3 is 0 Å². The molecule has 0 amide bonds. The predicted molar refractivity (Wildman–Crippen MR) is 39.0 cm³/mol. The molecule has 0 aromatic carbocycles. The molecule has 1 aromatic rings. The van der Waals surface area contributed by atoms with Crippen LogP contribution in [0.2, 0.25) is 0 Å². The maximum absolute atomic E-state index is 10.5. The summed E-state index contributed by atoms with van der Waals surface area (Å²) in [6, 6.07) is 0. The van der Waals surface area contributed by atoms with Gasteiger partial charge in [-0.15, -0.1) is 0 Å². The normalized spacial score (nSPS) is 11.4. The average Bonchev–Trinajstić information content (AvgIpc) is 2.38. The molecule has 1 aromatic heterocycles. The van der Waals surface area contributed by atoms with Crippen LogP contribution in [-0.4, -0.2) is 15.0 Å². The van der Waals surface area contributed by atoms with E-state index >= 15 is 0 Å². The maximum atomic E-state index is 10.5. The minimum Gasteiger partial charge on any atom is -0.302 e. The fourth-order valence-electron chi connectivity index (χ4n) is 0.509. The van der Waals surface area contributed by atoms with E-state index in [1.54, 1.807) is 6.20 Å². The molecule has 54 valence electrons. The third-order valence-corrected chi connectivity index (χ3v) is 1.79. The van der Waals surface area contributed by atoms with E-state index in [1.807, 2.05) is 13.8 Å². The third-order valence-electron chi connectivity index (χ3n) is 1.32. The molecule has 0 saturated carbocycles. The first-order chi connectivity index (χ1) is 4.67. The lowest BCUT2D eigenvalue weighted by atomic mass is 9.92. The van der Waals surface area contributed by atoms with Gasteiger partial charge in [-0.05, 0) is 13.8 Å². The van der Waals surface area contributed by atoms with Crippen molar-refractivity contribution in [2.24, 2.45) is 0 Å². The summed E-state index contributed by atoms with van der Waals surface area (Å²) < 4.78 is 7.77. The van der Waals surface area contributed by atoms with Gasteiger partial charge in [-0.2, -0.15) is 8.75 Å². The van der Waals surface area contributed by atoms with Gasteiger partial charge in [-0.1, -0.05) is 0 Å². The molecule has 1 heterocycles. The van der Waals surface area contributed by atoms with Crippen LogP contribution in [0.1, 0.15) is 19.5 Å². The molecule has 10 heavy (non-hydrogen) atoms. The van der Waals surface area contributed by atoms with Gasteiger partial charge in [0.2, 0.25) is 0 Å². The van der Waals surface area contributed by atoms with E-state index in [0.717, 1.165) is 23.7 Å². The molecule has 0 spiro atoms. The molecule has 0 atom stereocenters. The van der Waals surface area contributed by atoms with Crippen molar-refractivity contribution in [3.63, 3.8) is 0 Å². The molecule has 0 radical (unpaired) electrons. The summed E-state index contributed by atoms with van der Waals surface area (Å²) in [5.41, 5.74) is 0.264. The maximum Gasteiger partial charge on any atom is 0.131 e. The third kappa shape index (κ3) is 1.21. The van der Waals surface area contributed by atoms with Gasteiger partial charge in [-0.25, -0.2) is 0 Å². The van der Waals surface area contributed by atoms with Crippen molar-refractivity contribution in [3.8, 4) is 0 Å². The van der Waals surface area contributed by atoms with Crippen LogP contribution in [0.4, 0.5) is 0 Å². The van der Waals surface area contributed by atoms with Crippen molar-refractivity contribution in [2.45, 2.75) is 19.3 Å². The van der Waals surface area contributed by atoms with Gasteiger partial charge in [0.25, 0.3) is 0 Å². The van der Waals surface area contributed by atoms with Crippen molar-refractivity contribution in [1.29, 1.82) is 0 Å². The molecule has 0 N–H and O–H groups in total. The molecular weight excluding hydrogens is 148 g/mol. The first-order valence-electron chi connectivity index (χ1n) is 2.91. The van der Waals surface area contributed by atoms with Gasteiger partial charge in [0.1, 0.15) is 6.29 Å². The zero-order chi connectivity index (χ0) is 7.61. The largest absolute Gasteiger partial charge is 0.302 e. The van der Waals surface area contributed by atoms with E-state index in [9.17, 15) is 4.79 Å². The lowest BCUT2D eigenvalue weighted by Gasteiger charge is -2.10. The van der Waals surface area contributed by atoms with Crippen molar-refractivity contribution in [2.75, 3.05) is 0 Å². The summed E-state index contributed by atoms with van der Waals surface area (Å²) in [6.45, 7) is 3.63. The number of hydrogen-bond acceptors (Lipinski definition) is 4. The molecule has 4 heteroatoms. The smallest absolute Gasteiger partial charge is 0.131 e. The standard InChI is InChI=1S/C6H8N2OS/c1-6(2,4-9)5-3-7-10-8-5/h3-4H,1-2H3. The molecule has 0 aliphatic heterocycles. The second-order valence-electron chi connectivity index (χ2n) is 2.63. The minimum absolute atomic E-state index is 0.479. The van der Waals surface area contributed by atoms with E-state index in [0.29, 0.717) is 0 Å². The predicted octanol–water partition coefficient (Wildman–Crippen LogP) is 1.01. The lowest BCUT2D eigenvalue weighted by Crippen LogP contribution is -2.18. The summed E-state index contributed by atoms with van der Waals surface area (Å²) in [5.74, 6) is 0. The second kappa shape index (κ2) is 2.46. The highest BCUT2D eigenvalue weighted by Crippen LogP contribution is 2.17. The Labute approximate surface area is 63.4 Å². The van der Waals surface area contributed by atoms with Crippen molar-refractivity contribution < 1.29 is 4.79 Å². The summed E-state index contributed by atoms with van der Waals surface area (Å²) in [4.78, 5) is 10.5. The quantitative estimate of drug-likeness (QED) is 0.600. The number of rotatable bonds is 2. The fourth-order valence-corrected chi connectivity index (χ4v) is 1.07. The average molecular weight is 156 g/mol. The number of carbonyl (C=O) groups is 1. The van der Waals surface area contributed by atoms with E-state index in [2.05, 4.69) is 8.75 Å². The molecular formula is C6H8N2OS. The number of aromatic nitrogens is 2. The Balaban J connectivity index is 2.95. The lowest BCUT2D eigenvalue weighted by molar-refractivity contribution is -0.111. The van der Waals surface area contributed by atoms with E-state index in [4.69, 9.17) is 0 Å². The topological polar surface area (TPSA) is 42.9 Å². The summed E-state index contributed by atoms with van der Waals surface area (Å²) in [5, 5.41) is 0. The van der Waals surface area contributed by atoms with Crippen LogP contribution in [0.15, 0.2) is 6.20 Å². The first kappa shape index (κ1) is 7.34. The molecule has 0 aliphatic rings. The molecule has 0 fully saturated rings. The Kier molecular flexibility index (Phi) is 1.80.